The summed E-state index contributed by atoms with van der Waals surface area (Å²) in [5, 5.41) is 11.8. The molecule has 0 aliphatic heterocycles. The summed E-state index contributed by atoms with van der Waals surface area (Å²) < 4.78 is 5.89. The van der Waals surface area contributed by atoms with Crippen LogP contribution in [-0.4, -0.2) is 41.6 Å². The fraction of sp³-hybridized carbons (Fsp3) is 0.903. The molecule has 0 aromatic heterocycles. The number of carbonyl (C=O) groups excluding carboxylic acids is 2. The first-order chi connectivity index (χ1) is 18.4. The first-order valence-corrected chi connectivity index (χ1v) is 15.9. The number of amides is 1. The maximum Gasteiger partial charge on any atom is 0.326 e. The average molecular weight is 541 g/mol. The Labute approximate surface area is 233 Å². The van der Waals surface area contributed by atoms with E-state index in [2.05, 4.69) is 19.2 Å². The van der Waals surface area contributed by atoms with Crippen molar-refractivity contribution in [2.24, 2.45) is 5.73 Å². The Morgan fingerprint density at radius 3 is 1.63 bits per heavy atom. The highest BCUT2D eigenvalue weighted by atomic mass is 16.5. The van der Waals surface area contributed by atoms with E-state index < -0.39 is 12.0 Å². The minimum Gasteiger partial charge on any atom is -0.480 e. The Hall–Kier alpha value is -1.63. The number of ether oxygens (including phenoxy) is 1. The van der Waals surface area contributed by atoms with Gasteiger partial charge in [-0.1, -0.05) is 97.3 Å². The predicted molar refractivity (Wildman–Crippen MR) is 156 cm³/mol. The molecule has 0 aliphatic rings. The zero-order chi connectivity index (χ0) is 28.3. The maximum absolute atomic E-state index is 12.5. The van der Waals surface area contributed by atoms with E-state index >= 15 is 0 Å². The highest BCUT2D eigenvalue weighted by Crippen LogP contribution is 2.18. The van der Waals surface area contributed by atoms with Crippen LogP contribution in [0.4, 0.5) is 0 Å². The van der Waals surface area contributed by atoms with Crippen LogP contribution in [0.2, 0.25) is 0 Å². The standard InChI is InChI=1S/C31H60N2O5/c1-3-5-7-9-10-11-13-19-25-30(35)38-27(21-16-12-8-6-4-2)22-17-14-15-18-24-29(34)33-28(31(36)37)23-20-26-32/h27-28H,3-26,32H2,1-2H3,(H,33,34)(H,36,37). The molecule has 0 radical (unpaired) electrons. The number of carboxylic acid groups (broad SMARTS) is 1. The zero-order valence-corrected chi connectivity index (χ0v) is 24.8. The van der Waals surface area contributed by atoms with Crippen LogP contribution in [0.5, 0.6) is 0 Å². The second-order valence-corrected chi connectivity index (χ2v) is 10.9. The number of nitrogens with one attached hydrogen (secondary N) is 1. The van der Waals surface area contributed by atoms with Gasteiger partial charge in [-0.3, -0.25) is 9.59 Å². The Morgan fingerprint density at radius 1 is 0.658 bits per heavy atom. The molecule has 0 aliphatic carbocycles. The van der Waals surface area contributed by atoms with Crippen molar-refractivity contribution in [3.05, 3.63) is 0 Å². The van der Waals surface area contributed by atoms with Crippen molar-refractivity contribution in [3.8, 4) is 0 Å². The van der Waals surface area contributed by atoms with E-state index in [-0.39, 0.29) is 18.0 Å². The lowest BCUT2D eigenvalue weighted by atomic mass is 10.0. The molecule has 38 heavy (non-hydrogen) atoms. The fourth-order valence-electron chi connectivity index (χ4n) is 4.74. The van der Waals surface area contributed by atoms with Gasteiger partial charge in [-0.15, -0.1) is 0 Å². The van der Waals surface area contributed by atoms with Gasteiger partial charge in [0.15, 0.2) is 0 Å². The van der Waals surface area contributed by atoms with E-state index in [1.54, 1.807) is 0 Å². The average Bonchev–Trinajstić information content (AvgIpc) is 2.89. The molecule has 4 N–H and O–H groups in total. The molecular formula is C31H60N2O5. The molecule has 0 saturated carbocycles. The predicted octanol–water partition coefficient (Wildman–Crippen LogP) is 7.44. The molecule has 2 unspecified atom stereocenters. The summed E-state index contributed by atoms with van der Waals surface area (Å²) in [6.45, 7) is 4.86. The molecule has 0 bridgehead atoms. The van der Waals surface area contributed by atoms with Crippen molar-refractivity contribution >= 4 is 17.8 Å². The SMILES string of the molecule is CCCCCCCCCCC(=O)OC(CCCCCCC)CCCCCCC(=O)NC(CCCN)C(=O)O. The number of aliphatic carboxylic acids is 1. The number of hydrogen-bond donors (Lipinski definition) is 3. The van der Waals surface area contributed by atoms with Gasteiger partial charge in [0, 0.05) is 12.8 Å². The highest BCUT2D eigenvalue weighted by Gasteiger charge is 2.19. The number of carboxylic acids is 1. The number of carbonyl (C=O) groups is 3. The maximum atomic E-state index is 12.5. The van der Waals surface area contributed by atoms with Gasteiger partial charge in [-0.2, -0.15) is 0 Å². The summed E-state index contributed by atoms with van der Waals surface area (Å²) in [5.74, 6) is -1.27. The van der Waals surface area contributed by atoms with Crippen molar-refractivity contribution in [2.45, 2.75) is 174 Å². The summed E-state index contributed by atoms with van der Waals surface area (Å²) in [7, 11) is 0. The lowest BCUT2D eigenvalue weighted by Gasteiger charge is -2.18. The van der Waals surface area contributed by atoms with Gasteiger partial charge in [0.05, 0.1) is 0 Å². The quantitative estimate of drug-likeness (QED) is 0.0701. The van der Waals surface area contributed by atoms with Gasteiger partial charge >= 0.3 is 11.9 Å². The summed E-state index contributed by atoms with van der Waals surface area (Å²) in [6, 6.07) is -0.857. The number of rotatable bonds is 28. The molecule has 1 amide bonds. The molecule has 0 fully saturated rings. The molecular weight excluding hydrogens is 480 g/mol. The molecule has 7 heteroatoms. The molecule has 0 aromatic rings. The Balaban J connectivity index is 4.21. The summed E-state index contributed by atoms with van der Waals surface area (Å²) >= 11 is 0. The van der Waals surface area contributed by atoms with E-state index in [4.69, 9.17) is 10.5 Å². The summed E-state index contributed by atoms with van der Waals surface area (Å²) in [5.41, 5.74) is 5.44. The van der Waals surface area contributed by atoms with Crippen molar-refractivity contribution in [1.82, 2.24) is 5.32 Å². The highest BCUT2D eigenvalue weighted by molar-refractivity contribution is 5.83. The van der Waals surface area contributed by atoms with E-state index in [9.17, 15) is 19.5 Å². The number of hydrogen-bond acceptors (Lipinski definition) is 5. The van der Waals surface area contributed by atoms with Crippen LogP contribution in [0.1, 0.15) is 162 Å². The lowest BCUT2D eigenvalue weighted by molar-refractivity contribution is -0.150. The minimum atomic E-state index is -1.01. The van der Waals surface area contributed by atoms with E-state index in [0.29, 0.717) is 32.2 Å². The van der Waals surface area contributed by atoms with Gasteiger partial charge in [-0.25, -0.2) is 4.79 Å². The molecule has 2 atom stereocenters. The van der Waals surface area contributed by atoms with Crippen molar-refractivity contribution in [1.29, 1.82) is 0 Å². The molecule has 0 saturated heterocycles. The summed E-state index contributed by atoms with van der Waals surface area (Å²) in [6.07, 6.45) is 22.9. The molecule has 0 rings (SSSR count). The molecule has 7 nitrogen and oxygen atoms in total. The zero-order valence-electron chi connectivity index (χ0n) is 24.8. The summed E-state index contributed by atoms with van der Waals surface area (Å²) in [4.78, 5) is 35.8. The topological polar surface area (TPSA) is 119 Å². The second kappa shape index (κ2) is 27.0. The molecule has 0 spiro atoms. The number of unbranched alkanes of at least 4 members (excludes halogenated alkanes) is 14. The Kier molecular flexibility index (Phi) is 25.8. The van der Waals surface area contributed by atoms with Crippen LogP contribution in [0.3, 0.4) is 0 Å². The van der Waals surface area contributed by atoms with Gasteiger partial charge in [0.1, 0.15) is 12.1 Å². The normalized spacial score (nSPS) is 12.7. The molecule has 0 aromatic carbocycles. The largest absolute Gasteiger partial charge is 0.480 e. The number of nitrogens with two attached hydrogens (primary N) is 1. The minimum absolute atomic E-state index is 0.000314. The monoisotopic (exact) mass is 540 g/mol. The van der Waals surface area contributed by atoms with Crippen LogP contribution in [-0.2, 0) is 19.1 Å². The van der Waals surface area contributed by atoms with Crippen molar-refractivity contribution < 1.29 is 24.2 Å². The first-order valence-electron chi connectivity index (χ1n) is 15.9. The van der Waals surface area contributed by atoms with Crippen molar-refractivity contribution in [3.63, 3.8) is 0 Å². The Bertz CT molecular complexity index is 585. The van der Waals surface area contributed by atoms with E-state index in [1.165, 1.54) is 64.2 Å². The van der Waals surface area contributed by atoms with Gasteiger partial charge < -0.3 is 20.9 Å². The third-order valence-corrected chi connectivity index (χ3v) is 7.17. The fourth-order valence-corrected chi connectivity index (χ4v) is 4.74. The number of esters is 1. The van der Waals surface area contributed by atoms with Crippen molar-refractivity contribution in [2.75, 3.05) is 6.54 Å². The Morgan fingerprint density at radius 2 is 1.13 bits per heavy atom. The molecule has 0 heterocycles. The third-order valence-electron chi connectivity index (χ3n) is 7.17. The van der Waals surface area contributed by atoms with E-state index in [1.807, 2.05) is 0 Å². The third kappa shape index (κ3) is 23.5. The van der Waals surface area contributed by atoms with Crippen LogP contribution in [0.25, 0.3) is 0 Å². The van der Waals surface area contributed by atoms with Crippen LogP contribution in [0.15, 0.2) is 0 Å². The lowest BCUT2D eigenvalue weighted by Crippen LogP contribution is -2.40. The van der Waals surface area contributed by atoms with Gasteiger partial charge in [0.2, 0.25) is 5.91 Å². The van der Waals surface area contributed by atoms with Gasteiger partial charge in [-0.05, 0) is 57.9 Å². The van der Waals surface area contributed by atoms with Crippen LogP contribution in [0, 0.1) is 0 Å². The van der Waals surface area contributed by atoms with E-state index in [0.717, 1.165) is 57.8 Å². The second-order valence-electron chi connectivity index (χ2n) is 10.9. The van der Waals surface area contributed by atoms with Gasteiger partial charge in [0.25, 0.3) is 0 Å². The van der Waals surface area contributed by atoms with Crippen LogP contribution < -0.4 is 11.1 Å². The first kappa shape index (κ1) is 36.4. The molecule has 224 valence electrons. The smallest absolute Gasteiger partial charge is 0.326 e. The van der Waals surface area contributed by atoms with Crippen LogP contribution >= 0.6 is 0 Å².